The highest BCUT2D eigenvalue weighted by atomic mass is 16.2. The van der Waals surface area contributed by atoms with Crippen LogP contribution in [0.3, 0.4) is 0 Å². The van der Waals surface area contributed by atoms with Crippen molar-refractivity contribution in [2.24, 2.45) is 5.92 Å². The molecule has 2 heterocycles. The van der Waals surface area contributed by atoms with E-state index in [-0.39, 0.29) is 5.91 Å². The first-order valence-corrected chi connectivity index (χ1v) is 7.14. The van der Waals surface area contributed by atoms with Gasteiger partial charge in [-0.15, -0.1) is 0 Å². The van der Waals surface area contributed by atoms with E-state index in [4.69, 9.17) is 5.73 Å². The molecule has 2 aliphatic rings. The van der Waals surface area contributed by atoms with E-state index >= 15 is 0 Å². The molecular weight excluding hydrogens is 240 g/mol. The van der Waals surface area contributed by atoms with Gasteiger partial charge in [0.15, 0.2) is 0 Å². The van der Waals surface area contributed by atoms with Crippen LogP contribution in [0.1, 0.15) is 49.0 Å². The van der Waals surface area contributed by atoms with Crippen molar-refractivity contribution in [3.63, 3.8) is 0 Å². The van der Waals surface area contributed by atoms with Crippen LogP contribution in [0, 0.1) is 5.92 Å². The van der Waals surface area contributed by atoms with Gasteiger partial charge in [0, 0.05) is 12.6 Å². The molecule has 0 bridgehead atoms. The predicted octanol–water partition coefficient (Wildman–Crippen LogP) is 1.85. The van der Waals surface area contributed by atoms with Gasteiger partial charge in [-0.05, 0) is 31.6 Å². The molecule has 2 N–H and O–H groups in total. The molecule has 2 atom stereocenters. The van der Waals surface area contributed by atoms with Crippen LogP contribution >= 0.6 is 0 Å². The third kappa shape index (κ3) is 2.41. The summed E-state index contributed by atoms with van der Waals surface area (Å²) in [4.78, 5) is 22.7. The van der Waals surface area contributed by atoms with E-state index < -0.39 is 0 Å². The minimum Gasteiger partial charge on any atom is -0.382 e. The fraction of sp³-hybridized carbons (Fsp3) is 0.643. The van der Waals surface area contributed by atoms with Crippen LogP contribution in [-0.2, 0) is 0 Å². The maximum absolute atomic E-state index is 12.6. The van der Waals surface area contributed by atoms with Gasteiger partial charge < -0.3 is 10.6 Å². The van der Waals surface area contributed by atoms with Gasteiger partial charge in [0.2, 0.25) is 0 Å². The Morgan fingerprint density at radius 2 is 2.00 bits per heavy atom. The first-order valence-electron chi connectivity index (χ1n) is 7.14. The van der Waals surface area contributed by atoms with Crippen molar-refractivity contribution in [3.8, 4) is 0 Å². The monoisotopic (exact) mass is 260 g/mol. The Bertz CT molecular complexity index is 474. The van der Waals surface area contributed by atoms with E-state index in [9.17, 15) is 4.79 Å². The van der Waals surface area contributed by atoms with Crippen LogP contribution in [0.5, 0.6) is 0 Å². The molecule has 5 nitrogen and oxygen atoms in total. The molecule has 102 valence electrons. The number of nitrogens with two attached hydrogens (primary N) is 1. The number of hydrogen-bond donors (Lipinski definition) is 1. The number of carbonyl (C=O) groups excluding carboxylic acids is 1. The van der Waals surface area contributed by atoms with Gasteiger partial charge in [-0.25, -0.2) is 4.98 Å². The maximum atomic E-state index is 12.6. The van der Waals surface area contributed by atoms with E-state index in [1.807, 2.05) is 4.90 Å². The first-order chi connectivity index (χ1) is 9.25. The fourth-order valence-electron chi connectivity index (χ4n) is 3.51. The number of amides is 1. The number of fused-ring (bicyclic) bond motifs is 1. The van der Waals surface area contributed by atoms with E-state index in [2.05, 4.69) is 9.97 Å². The van der Waals surface area contributed by atoms with Crippen LogP contribution in [-0.4, -0.2) is 33.4 Å². The number of rotatable bonds is 1. The molecule has 1 saturated heterocycles. The summed E-state index contributed by atoms with van der Waals surface area (Å²) < 4.78 is 0. The number of carbonyl (C=O) groups is 1. The van der Waals surface area contributed by atoms with E-state index in [1.165, 1.54) is 38.1 Å². The number of aromatic nitrogens is 2. The summed E-state index contributed by atoms with van der Waals surface area (Å²) in [7, 11) is 0. The normalized spacial score (nSPS) is 26.8. The molecule has 0 spiro atoms. The number of hydrogen-bond acceptors (Lipinski definition) is 4. The van der Waals surface area contributed by atoms with Crippen LogP contribution in [0.2, 0.25) is 0 Å². The van der Waals surface area contributed by atoms with Crippen molar-refractivity contribution in [1.82, 2.24) is 14.9 Å². The van der Waals surface area contributed by atoms with Gasteiger partial charge >= 0.3 is 0 Å². The summed E-state index contributed by atoms with van der Waals surface area (Å²) in [6.07, 6.45) is 10.3. The number of piperidine rings is 1. The molecule has 0 radical (unpaired) electrons. The molecule has 1 amide bonds. The molecule has 0 aromatic carbocycles. The number of likely N-dealkylation sites (tertiary alicyclic amines) is 1. The molecule has 0 unspecified atom stereocenters. The van der Waals surface area contributed by atoms with Crippen molar-refractivity contribution < 1.29 is 4.79 Å². The lowest BCUT2D eigenvalue weighted by Gasteiger charge is -2.43. The van der Waals surface area contributed by atoms with Crippen LogP contribution < -0.4 is 5.73 Å². The zero-order valence-electron chi connectivity index (χ0n) is 11.1. The Morgan fingerprint density at radius 1 is 1.21 bits per heavy atom. The third-order valence-corrected chi connectivity index (χ3v) is 4.38. The summed E-state index contributed by atoms with van der Waals surface area (Å²) in [5.74, 6) is 0.986. The largest absolute Gasteiger partial charge is 0.382 e. The first kappa shape index (κ1) is 12.4. The molecule has 1 aromatic rings. The molecule has 3 rings (SSSR count). The average Bonchev–Trinajstić information content (AvgIpc) is 2.46. The molecule has 2 fully saturated rings. The summed E-state index contributed by atoms with van der Waals surface area (Å²) in [5.41, 5.74) is 5.99. The molecule has 1 aliphatic carbocycles. The van der Waals surface area contributed by atoms with Crippen LogP contribution in [0.4, 0.5) is 5.82 Å². The Kier molecular flexibility index (Phi) is 3.36. The van der Waals surface area contributed by atoms with Crippen molar-refractivity contribution >= 4 is 11.7 Å². The van der Waals surface area contributed by atoms with Crippen molar-refractivity contribution in [2.45, 2.75) is 44.6 Å². The molecular formula is C14H20N4O. The van der Waals surface area contributed by atoms with Crippen LogP contribution in [0.25, 0.3) is 0 Å². The lowest BCUT2D eigenvalue weighted by atomic mass is 9.78. The van der Waals surface area contributed by atoms with Gasteiger partial charge in [-0.2, -0.15) is 0 Å². The molecule has 1 saturated carbocycles. The summed E-state index contributed by atoms with van der Waals surface area (Å²) in [6.45, 7) is 0.844. The van der Waals surface area contributed by atoms with Gasteiger partial charge in [-0.3, -0.25) is 9.78 Å². The van der Waals surface area contributed by atoms with Crippen molar-refractivity contribution in [2.75, 3.05) is 12.3 Å². The molecule has 1 aromatic heterocycles. The number of anilines is 1. The Hall–Kier alpha value is -1.65. The van der Waals surface area contributed by atoms with Gasteiger partial charge in [0.25, 0.3) is 5.91 Å². The Labute approximate surface area is 113 Å². The van der Waals surface area contributed by atoms with Gasteiger partial charge in [0.1, 0.15) is 11.5 Å². The summed E-state index contributed by atoms with van der Waals surface area (Å²) in [5, 5.41) is 0. The van der Waals surface area contributed by atoms with Crippen LogP contribution in [0.15, 0.2) is 12.4 Å². The lowest BCUT2D eigenvalue weighted by molar-refractivity contribution is 0.0385. The second-order valence-electron chi connectivity index (χ2n) is 5.58. The van der Waals surface area contributed by atoms with Gasteiger partial charge in [-0.1, -0.05) is 12.8 Å². The van der Waals surface area contributed by atoms with Crippen molar-refractivity contribution in [3.05, 3.63) is 18.1 Å². The smallest absolute Gasteiger partial charge is 0.274 e. The predicted molar refractivity (Wildman–Crippen MR) is 72.5 cm³/mol. The molecule has 19 heavy (non-hydrogen) atoms. The highest BCUT2D eigenvalue weighted by molar-refractivity contribution is 5.92. The maximum Gasteiger partial charge on any atom is 0.274 e. The highest BCUT2D eigenvalue weighted by Crippen LogP contribution is 2.35. The van der Waals surface area contributed by atoms with E-state index in [0.717, 1.165) is 19.4 Å². The minimum absolute atomic E-state index is 0.00333. The minimum atomic E-state index is -0.00333. The zero-order chi connectivity index (χ0) is 13.2. The zero-order valence-corrected chi connectivity index (χ0v) is 11.1. The summed E-state index contributed by atoms with van der Waals surface area (Å²) >= 11 is 0. The standard InChI is InChI=1S/C14H20N4O/c15-13-9-16-8-11(17-13)14(19)18-7-3-5-10-4-1-2-6-12(10)18/h8-10,12H,1-7H2,(H2,15,17)/t10-,12-/m1/s1. The van der Waals surface area contributed by atoms with Gasteiger partial charge in [0.05, 0.1) is 12.4 Å². The second-order valence-corrected chi connectivity index (χ2v) is 5.58. The topological polar surface area (TPSA) is 72.1 Å². The molecule has 1 aliphatic heterocycles. The van der Waals surface area contributed by atoms with E-state index in [0.29, 0.717) is 23.5 Å². The Morgan fingerprint density at radius 3 is 2.84 bits per heavy atom. The van der Waals surface area contributed by atoms with Crippen molar-refractivity contribution in [1.29, 1.82) is 0 Å². The quantitative estimate of drug-likeness (QED) is 0.836. The highest BCUT2D eigenvalue weighted by Gasteiger charge is 2.36. The molecule has 5 heteroatoms. The number of nitrogen functional groups attached to an aromatic ring is 1. The SMILES string of the molecule is Nc1cncc(C(=O)N2CCC[C@H]3CCCC[C@H]32)n1. The lowest BCUT2D eigenvalue weighted by Crippen LogP contribution is -2.49. The second kappa shape index (κ2) is 5.15. The Balaban J connectivity index is 1.82. The van der Waals surface area contributed by atoms with E-state index in [1.54, 1.807) is 0 Å². The fourth-order valence-corrected chi connectivity index (χ4v) is 3.51. The average molecular weight is 260 g/mol. The third-order valence-electron chi connectivity index (χ3n) is 4.38. The summed E-state index contributed by atoms with van der Waals surface area (Å²) in [6, 6.07) is 0.401. The number of nitrogens with zero attached hydrogens (tertiary/aromatic N) is 3.